The lowest BCUT2D eigenvalue weighted by atomic mass is 10.1. The molecule has 0 saturated heterocycles. The van der Waals surface area contributed by atoms with Crippen molar-refractivity contribution in [3.8, 4) is 5.75 Å². The molecule has 0 unspecified atom stereocenters. The van der Waals surface area contributed by atoms with Crippen LogP contribution in [0.25, 0.3) is 11.0 Å². The third-order valence-electron chi connectivity index (χ3n) is 2.99. The van der Waals surface area contributed by atoms with Crippen LogP contribution in [-0.4, -0.2) is 22.5 Å². The number of rotatable bonds is 3. The largest absolute Gasteiger partial charge is 0.494 e. The Labute approximate surface area is 117 Å². The molecule has 0 radical (unpaired) electrons. The number of hydrogen-bond acceptors (Lipinski definition) is 2. The maximum absolute atomic E-state index is 13.7. The molecule has 0 N–H and O–H groups in total. The second-order valence-corrected chi connectivity index (χ2v) is 5.83. The average molecular weight is 285 g/mol. The smallest absolute Gasteiger partial charge is 0.167 e. The van der Waals surface area contributed by atoms with E-state index in [2.05, 4.69) is 30.3 Å². The molecule has 0 bridgehead atoms. The van der Waals surface area contributed by atoms with Crippen LogP contribution in [0.5, 0.6) is 5.75 Å². The number of nitrogens with zero attached hydrogens (tertiary/aromatic N) is 2. The fraction of sp³-hybridized carbons (Fsp3) is 0.500. The molecule has 3 nitrogen and oxygen atoms in total. The van der Waals surface area contributed by atoms with E-state index in [1.165, 1.54) is 13.2 Å². The number of hydrogen-bond donors (Lipinski definition) is 0. The highest BCUT2D eigenvalue weighted by molar-refractivity contribution is 6.17. The van der Waals surface area contributed by atoms with Gasteiger partial charge in [0.05, 0.1) is 18.1 Å². The Hall–Kier alpha value is -1.29. The Morgan fingerprint density at radius 3 is 2.58 bits per heavy atom. The van der Waals surface area contributed by atoms with Gasteiger partial charge in [0, 0.05) is 30.0 Å². The van der Waals surface area contributed by atoms with E-state index in [9.17, 15) is 4.39 Å². The molecule has 1 aromatic heterocycles. The third kappa shape index (κ3) is 2.54. The quantitative estimate of drug-likeness (QED) is 0.803. The third-order valence-corrected chi connectivity index (χ3v) is 3.18. The van der Waals surface area contributed by atoms with Crippen LogP contribution in [0.2, 0.25) is 0 Å². The Morgan fingerprint density at radius 2 is 2.05 bits per heavy atom. The molecule has 1 heterocycles. The van der Waals surface area contributed by atoms with E-state index >= 15 is 0 Å². The lowest BCUT2D eigenvalue weighted by molar-refractivity contribution is 0.383. The minimum absolute atomic E-state index is 0.154. The second kappa shape index (κ2) is 5.00. The summed E-state index contributed by atoms with van der Waals surface area (Å²) in [5, 5.41) is 0. The molecule has 1 aromatic carbocycles. The van der Waals surface area contributed by atoms with E-state index in [1.807, 2.05) is 0 Å². The molecule has 0 aliphatic carbocycles. The zero-order valence-electron chi connectivity index (χ0n) is 11.6. The minimum atomic E-state index is -0.397. The van der Waals surface area contributed by atoms with Crippen LogP contribution < -0.4 is 4.74 Å². The van der Waals surface area contributed by atoms with E-state index in [0.717, 1.165) is 11.3 Å². The van der Waals surface area contributed by atoms with Crippen LogP contribution in [0.15, 0.2) is 12.1 Å². The number of imidazole rings is 1. The molecule has 0 atom stereocenters. The van der Waals surface area contributed by atoms with Gasteiger partial charge in [-0.2, -0.15) is 0 Å². The van der Waals surface area contributed by atoms with Crippen LogP contribution in [0.1, 0.15) is 26.6 Å². The number of halogens is 2. The Balaban J connectivity index is 2.76. The first-order valence-electron chi connectivity index (χ1n) is 6.19. The molecule has 5 heteroatoms. The van der Waals surface area contributed by atoms with Gasteiger partial charge in [-0.15, -0.1) is 11.6 Å². The summed E-state index contributed by atoms with van der Waals surface area (Å²) in [6.45, 7) is 6.26. The van der Waals surface area contributed by atoms with E-state index in [1.54, 1.807) is 6.07 Å². The maximum Gasteiger partial charge on any atom is 0.167 e. The summed E-state index contributed by atoms with van der Waals surface area (Å²) < 4.78 is 20.9. The SMILES string of the molecule is COc1cc2c(cc1F)nc(CCCl)n2C(C)(C)C. The van der Waals surface area contributed by atoms with Gasteiger partial charge < -0.3 is 9.30 Å². The fourth-order valence-corrected chi connectivity index (χ4v) is 2.46. The number of benzene rings is 1. The van der Waals surface area contributed by atoms with Crippen molar-refractivity contribution < 1.29 is 9.13 Å². The highest BCUT2D eigenvalue weighted by Gasteiger charge is 2.22. The highest BCUT2D eigenvalue weighted by atomic mass is 35.5. The van der Waals surface area contributed by atoms with Crippen molar-refractivity contribution >= 4 is 22.6 Å². The van der Waals surface area contributed by atoms with Gasteiger partial charge in [0.1, 0.15) is 5.82 Å². The van der Waals surface area contributed by atoms with Gasteiger partial charge in [-0.05, 0) is 20.8 Å². The van der Waals surface area contributed by atoms with E-state index in [0.29, 0.717) is 17.8 Å². The number of aryl methyl sites for hydroxylation is 1. The van der Waals surface area contributed by atoms with Crippen molar-refractivity contribution in [2.24, 2.45) is 0 Å². The molecule has 0 amide bonds. The summed E-state index contributed by atoms with van der Waals surface area (Å²) in [6.07, 6.45) is 0.650. The van der Waals surface area contributed by atoms with Crippen LogP contribution in [0.3, 0.4) is 0 Å². The Morgan fingerprint density at radius 1 is 1.37 bits per heavy atom. The molecular formula is C14H18ClFN2O. The lowest BCUT2D eigenvalue weighted by Gasteiger charge is -2.24. The van der Waals surface area contributed by atoms with Gasteiger partial charge in [0.15, 0.2) is 11.6 Å². The molecule has 0 fully saturated rings. The number of ether oxygens (including phenoxy) is 1. The van der Waals surface area contributed by atoms with E-state index in [4.69, 9.17) is 16.3 Å². The maximum atomic E-state index is 13.7. The van der Waals surface area contributed by atoms with Crippen LogP contribution in [0, 0.1) is 5.82 Å². The first-order valence-corrected chi connectivity index (χ1v) is 6.73. The summed E-state index contributed by atoms with van der Waals surface area (Å²) in [5.74, 6) is 1.19. The van der Waals surface area contributed by atoms with Crippen molar-refractivity contribution in [2.45, 2.75) is 32.7 Å². The predicted molar refractivity (Wildman–Crippen MR) is 75.7 cm³/mol. The summed E-state index contributed by atoms with van der Waals surface area (Å²) >= 11 is 5.82. The Bertz CT molecular complexity index is 601. The molecular weight excluding hydrogens is 267 g/mol. The molecule has 0 saturated carbocycles. The zero-order valence-corrected chi connectivity index (χ0v) is 12.4. The zero-order chi connectivity index (χ0) is 14.2. The minimum Gasteiger partial charge on any atom is -0.494 e. The molecule has 104 valence electrons. The summed E-state index contributed by atoms with van der Waals surface area (Å²) in [5.41, 5.74) is 1.35. The van der Waals surface area contributed by atoms with Gasteiger partial charge >= 0.3 is 0 Å². The highest BCUT2D eigenvalue weighted by Crippen LogP contribution is 2.30. The monoisotopic (exact) mass is 284 g/mol. The predicted octanol–water partition coefficient (Wildman–Crippen LogP) is 3.72. The average Bonchev–Trinajstić information content (AvgIpc) is 2.64. The number of methoxy groups -OCH3 is 1. The number of aromatic nitrogens is 2. The standard InChI is InChI=1S/C14H18ClFN2O/c1-14(2,3)18-11-8-12(19-4)9(16)7-10(11)17-13(18)5-6-15/h7-8H,5-6H2,1-4H3. The topological polar surface area (TPSA) is 27.1 Å². The van der Waals surface area contributed by atoms with E-state index in [-0.39, 0.29) is 11.3 Å². The fourth-order valence-electron chi connectivity index (χ4n) is 2.29. The molecule has 2 aromatic rings. The summed E-state index contributed by atoms with van der Waals surface area (Å²) in [6, 6.07) is 3.11. The van der Waals surface area contributed by atoms with Gasteiger partial charge in [0.2, 0.25) is 0 Å². The van der Waals surface area contributed by atoms with Gasteiger partial charge in [-0.3, -0.25) is 0 Å². The first kappa shape index (κ1) is 14.1. The first-order chi connectivity index (χ1) is 8.88. The Kier molecular flexibility index (Phi) is 3.72. The normalized spacial score (nSPS) is 12.1. The molecule has 19 heavy (non-hydrogen) atoms. The lowest BCUT2D eigenvalue weighted by Crippen LogP contribution is -2.24. The summed E-state index contributed by atoms with van der Waals surface area (Å²) in [4.78, 5) is 4.49. The van der Waals surface area contributed by atoms with Gasteiger partial charge in [-0.25, -0.2) is 9.37 Å². The number of alkyl halides is 1. The second-order valence-electron chi connectivity index (χ2n) is 5.45. The number of fused-ring (bicyclic) bond motifs is 1. The molecule has 2 rings (SSSR count). The molecule has 0 aliphatic rings. The van der Waals surface area contributed by atoms with Crippen molar-refractivity contribution in [2.75, 3.05) is 13.0 Å². The van der Waals surface area contributed by atoms with Crippen molar-refractivity contribution in [3.05, 3.63) is 23.8 Å². The van der Waals surface area contributed by atoms with Crippen LogP contribution >= 0.6 is 11.6 Å². The van der Waals surface area contributed by atoms with Crippen LogP contribution in [-0.2, 0) is 12.0 Å². The van der Waals surface area contributed by atoms with Crippen molar-refractivity contribution in [3.63, 3.8) is 0 Å². The van der Waals surface area contributed by atoms with Gasteiger partial charge in [0.25, 0.3) is 0 Å². The molecule has 0 aliphatic heterocycles. The van der Waals surface area contributed by atoms with Crippen LogP contribution in [0.4, 0.5) is 4.39 Å². The van der Waals surface area contributed by atoms with Crippen molar-refractivity contribution in [1.82, 2.24) is 9.55 Å². The van der Waals surface area contributed by atoms with Crippen molar-refractivity contribution in [1.29, 1.82) is 0 Å². The molecule has 0 spiro atoms. The summed E-state index contributed by atoms with van der Waals surface area (Å²) in [7, 11) is 1.46. The van der Waals surface area contributed by atoms with Gasteiger partial charge in [-0.1, -0.05) is 0 Å². The van der Waals surface area contributed by atoms with E-state index < -0.39 is 5.82 Å².